The molecule has 1 aromatic rings. The fraction of sp³-hybridized carbons (Fsp3) is 0.143. The molecule has 0 bridgehead atoms. The van der Waals surface area contributed by atoms with E-state index in [1.807, 2.05) is 0 Å². The van der Waals surface area contributed by atoms with Crippen LogP contribution < -0.4 is 5.73 Å². The molecule has 0 aliphatic rings. The van der Waals surface area contributed by atoms with E-state index >= 15 is 0 Å². The number of hydrogen-bond acceptors (Lipinski definition) is 1. The molecule has 0 fully saturated rings. The molecule has 0 unspecified atom stereocenters. The summed E-state index contributed by atoms with van der Waals surface area (Å²) in [6.07, 6.45) is -4.44. The van der Waals surface area contributed by atoms with Gasteiger partial charge in [-0.05, 0) is 18.2 Å². The summed E-state index contributed by atoms with van der Waals surface area (Å²) in [5.74, 6) is 0. The van der Waals surface area contributed by atoms with Crippen molar-refractivity contribution in [3.63, 3.8) is 0 Å². The van der Waals surface area contributed by atoms with Crippen molar-refractivity contribution >= 4 is 29.7 Å². The van der Waals surface area contributed by atoms with Crippen LogP contribution in [0.15, 0.2) is 18.2 Å². The normalized spacial score (nSPS) is 10.8. The summed E-state index contributed by atoms with van der Waals surface area (Å²) in [7, 11) is 0. The number of rotatable bonds is 0. The lowest BCUT2D eigenvalue weighted by molar-refractivity contribution is -0.137. The molecule has 0 aromatic heterocycles. The summed E-state index contributed by atoms with van der Waals surface area (Å²) in [6, 6.07) is 3.25. The predicted molar refractivity (Wildman–Crippen MR) is 48.1 cm³/mol. The van der Waals surface area contributed by atoms with Crippen LogP contribution in [0.2, 0.25) is 5.02 Å². The second kappa shape index (κ2) is 4.07. The van der Waals surface area contributed by atoms with Crippen molar-refractivity contribution in [3.05, 3.63) is 28.8 Å². The molecule has 0 heterocycles. The van der Waals surface area contributed by atoms with Crippen LogP contribution in [0.5, 0.6) is 0 Å². The van der Waals surface area contributed by atoms with Crippen LogP contribution in [0, 0.1) is 0 Å². The number of nitrogen functional groups attached to an aromatic ring is 1. The summed E-state index contributed by atoms with van der Waals surface area (Å²) >= 11 is 5.31. The van der Waals surface area contributed by atoms with E-state index in [9.17, 15) is 13.2 Å². The lowest BCUT2D eigenvalue weighted by Gasteiger charge is -2.08. The molecule has 0 aliphatic carbocycles. The topological polar surface area (TPSA) is 26.0 Å². The van der Waals surface area contributed by atoms with E-state index < -0.39 is 11.7 Å². The van der Waals surface area contributed by atoms with Crippen molar-refractivity contribution in [2.45, 2.75) is 6.18 Å². The Labute approximate surface area is 84.1 Å². The first kappa shape index (κ1) is 12.4. The lowest BCUT2D eigenvalue weighted by atomic mass is 10.2. The van der Waals surface area contributed by atoms with Crippen LogP contribution in [0.25, 0.3) is 0 Å². The van der Waals surface area contributed by atoms with Crippen LogP contribution in [0.4, 0.5) is 18.9 Å². The largest absolute Gasteiger partial charge is 0.417 e. The maximum absolute atomic E-state index is 12.1. The molecule has 0 aliphatic heterocycles. The minimum absolute atomic E-state index is 0. The summed E-state index contributed by atoms with van der Waals surface area (Å²) in [6.45, 7) is 0. The van der Waals surface area contributed by atoms with Crippen molar-refractivity contribution in [1.82, 2.24) is 0 Å². The van der Waals surface area contributed by atoms with E-state index in [0.717, 1.165) is 12.1 Å². The van der Waals surface area contributed by atoms with Gasteiger partial charge in [0.05, 0.1) is 10.6 Å². The molecule has 0 saturated carbocycles. The van der Waals surface area contributed by atoms with E-state index in [1.54, 1.807) is 0 Å². The average molecular weight is 232 g/mol. The summed E-state index contributed by atoms with van der Waals surface area (Å²) in [4.78, 5) is 0. The van der Waals surface area contributed by atoms with E-state index in [2.05, 4.69) is 0 Å². The van der Waals surface area contributed by atoms with Gasteiger partial charge >= 0.3 is 6.18 Å². The second-order valence-corrected chi connectivity index (χ2v) is 2.64. The smallest absolute Gasteiger partial charge is 0.399 e. The van der Waals surface area contributed by atoms with Gasteiger partial charge in [0.25, 0.3) is 0 Å². The third-order valence-electron chi connectivity index (χ3n) is 1.30. The molecule has 0 spiro atoms. The van der Waals surface area contributed by atoms with Gasteiger partial charge in [0.15, 0.2) is 0 Å². The zero-order valence-corrected chi connectivity index (χ0v) is 7.80. The first-order valence-corrected chi connectivity index (χ1v) is 3.41. The van der Waals surface area contributed by atoms with Gasteiger partial charge in [-0.15, -0.1) is 12.4 Å². The predicted octanol–water partition coefficient (Wildman–Crippen LogP) is 3.36. The van der Waals surface area contributed by atoms with Crippen molar-refractivity contribution in [1.29, 1.82) is 0 Å². The lowest BCUT2D eigenvalue weighted by Crippen LogP contribution is -2.06. The molecule has 1 nitrogen and oxygen atoms in total. The van der Waals surface area contributed by atoms with Crippen LogP contribution in [0.3, 0.4) is 0 Å². The Morgan fingerprint density at radius 1 is 1.23 bits per heavy atom. The molecule has 1 aromatic carbocycles. The molecular weight excluding hydrogens is 226 g/mol. The van der Waals surface area contributed by atoms with Crippen LogP contribution in [-0.4, -0.2) is 0 Å². The van der Waals surface area contributed by atoms with Crippen molar-refractivity contribution in [2.24, 2.45) is 0 Å². The van der Waals surface area contributed by atoms with Gasteiger partial charge in [-0.2, -0.15) is 13.2 Å². The summed E-state index contributed by atoms with van der Waals surface area (Å²) < 4.78 is 36.3. The minimum atomic E-state index is -4.44. The summed E-state index contributed by atoms with van der Waals surface area (Å²) in [5.41, 5.74) is 4.31. The maximum atomic E-state index is 12.1. The number of hydrogen-bond donors (Lipinski definition) is 1. The van der Waals surface area contributed by atoms with E-state index in [-0.39, 0.29) is 23.1 Å². The highest BCUT2D eigenvalue weighted by atomic mass is 35.5. The Balaban J connectivity index is 0.00000144. The third-order valence-corrected chi connectivity index (χ3v) is 1.63. The van der Waals surface area contributed by atoms with E-state index in [1.165, 1.54) is 6.07 Å². The van der Waals surface area contributed by atoms with Crippen molar-refractivity contribution < 1.29 is 13.2 Å². The third kappa shape index (κ3) is 2.97. The highest BCUT2D eigenvalue weighted by Gasteiger charge is 2.33. The van der Waals surface area contributed by atoms with Crippen molar-refractivity contribution in [2.75, 3.05) is 5.73 Å². The first-order chi connectivity index (χ1) is 5.41. The van der Waals surface area contributed by atoms with E-state index in [0.29, 0.717) is 0 Å². The highest BCUT2D eigenvalue weighted by molar-refractivity contribution is 6.31. The number of halogens is 5. The Kier molecular flexibility index (Phi) is 3.88. The van der Waals surface area contributed by atoms with Crippen LogP contribution >= 0.6 is 24.0 Å². The van der Waals surface area contributed by atoms with Gasteiger partial charge in [-0.25, -0.2) is 0 Å². The Hall–Kier alpha value is -0.610. The SMILES string of the molecule is Cl.Nc1ccc(Cl)c(C(F)(F)F)c1. The van der Waals surface area contributed by atoms with Gasteiger partial charge < -0.3 is 5.73 Å². The molecule has 2 N–H and O–H groups in total. The van der Waals surface area contributed by atoms with Gasteiger partial charge in [-0.1, -0.05) is 11.6 Å². The minimum Gasteiger partial charge on any atom is -0.399 e. The number of benzene rings is 1. The Morgan fingerprint density at radius 2 is 1.77 bits per heavy atom. The molecule has 0 radical (unpaired) electrons. The monoisotopic (exact) mass is 231 g/mol. The van der Waals surface area contributed by atoms with Crippen LogP contribution in [-0.2, 0) is 6.18 Å². The fourth-order valence-electron chi connectivity index (χ4n) is 0.760. The highest BCUT2D eigenvalue weighted by Crippen LogP contribution is 2.35. The number of nitrogens with two attached hydrogens (primary N) is 1. The fourth-order valence-corrected chi connectivity index (χ4v) is 0.985. The van der Waals surface area contributed by atoms with Gasteiger partial charge in [0.2, 0.25) is 0 Å². The molecule has 13 heavy (non-hydrogen) atoms. The number of anilines is 1. The van der Waals surface area contributed by atoms with E-state index in [4.69, 9.17) is 17.3 Å². The number of alkyl halides is 3. The van der Waals surface area contributed by atoms with Gasteiger partial charge in [0, 0.05) is 5.69 Å². The molecule has 0 saturated heterocycles. The molecule has 0 atom stereocenters. The first-order valence-electron chi connectivity index (χ1n) is 3.03. The summed E-state index contributed by atoms with van der Waals surface area (Å²) in [5, 5.41) is -0.336. The zero-order valence-electron chi connectivity index (χ0n) is 6.23. The molecule has 0 amide bonds. The zero-order chi connectivity index (χ0) is 9.35. The maximum Gasteiger partial charge on any atom is 0.417 e. The Bertz CT molecular complexity index is 298. The van der Waals surface area contributed by atoms with Gasteiger partial charge in [-0.3, -0.25) is 0 Å². The standard InChI is InChI=1S/C7H5ClF3N.ClH/c8-6-2-1-4(12)3-5(6)7(9,10)11;/h1-3H,12H2;1H. The molecule has 74 valence electrons. The average Bonchev–Trinajstić information content (AvgIpc) is 1.92. The molecule has 6 heteroatoms. The van der Waals surface area contributed by atoms with Crippen molar-refractivity contribution in [3.8, 4) is 0 Å². The second-order valence-electron chi connectivity index (χ2n) is 2.24. The Morgan fingerprint density at radius 3 is 2.15 bits per heavy atom. The molecule has 1 rings (SSSR count). The quantitative estimate of drug-likeness (QED) is 0.682. The van der Waals surface area contributed by atoms with Gasteiger partial charge in [0.1, 0.15) is 0 Å². The van der Waals surface area contributed by atoms with Crippen LogP contribution in [0.1, 0.15) is 5.56 Å². The molecular formula is C7H6Cl2F3N.